The minimum absolute atomic E-state index is 0.0981. The molecule has 0 bridgehead atoms. The minimum atomic E-state index is -0.336. The Balaban J connectivity index is 1.64. The largest absolute Gasteiger partial charge is 0.426 e. The summed E-state index contributed by atoms with van der Waals surface area (Å²) in [6.07, 6.45) is 0.170. The first-order valence-electron chi connectivity index (χ1n) is 10.8. The van der Waals surface area contributed by atoms with E-state index in [0.29, 0.717) is 17.2 Å². The fraction of sp³-hybridized carbons (Fsp3) is 0.346. The molecule has 0 N–H and O–H groups in total. The molecule has 0 aliphatic carbocycles. The van der Waals surface area contributed by atoms with E-state index in [1.165, 1.54) is 0 Å². The second-order valence-corrected chi connectivity index (χ2v) is 8.60. The third kappa shape index (κ3) is 5.44. The van der Waals surface area contributed by atoms with Crippen LogP contribution in [-0.4, -0.2) is 28.7 Å². The predicted molar refractivity (Wildman–Crippen MR) is 126 cm³/mol. The van der Waals surface area contributed by atoms with Gasteiger partial charge in [-0.05, 0) is 63.1 Å². The molecule has 168 valence electrons. The Labute approximate surface area is 189 Å². The molecule has 0 atom stereocenters. The van der Waals surface area contributed by atoms with Gasteiger partial charge in [0, 0.05) is 36.1 Å². The number of benzene rings is 2. The Kier molecular flexibility index (Phi) is 7.13. The van der Waals surface area contributed by atoms with Crippen molar-refractivity contribution >= 4 is 17.6 Å². The van der Waals surface area contributed by atoms with Gasteiger partial charge in [-0.2, -0.15) is 5.10 Å². The van der Waals surface area contributed by atoms with E-state index in [-0.39, 0.29) is 18.3 Å². The number of aromatic nitrogens is 2. The molecule has 2 aromatic carbocycles. The zero-order valence-corrected chi connectivity index (χ0v) is 19.7. The maximum Gasteiger partial charge on any atom is 0.315 e. The topological polar surface area (TPSA) is 64.4 Å². The van der Waals surface area contributed by atoms with E-state index in [1.54, 1.807) is 36.2 Å². The van der Waals surface area contributed by atoms with Gasteiger partial charge in [-0.1, -0.05) is 31.5 Å². The first-order chi connectivity index (χ1) is 15.2. The lowest BCUT2D eigenvalue weighted by atomic mass is 10.1. The number of hydrogen-bond acceptors (Lipinski definition) is 4. The molecule has 0 unspecified atom stereocenters. The maximum atomic E-state index is 12.7. The number of rotatable bonds is 7. The summed E-state index contributed by atoms with van der Waals surface area (Å²) in [5.41, 5.74) is 5.21. The first-order valence-corrected chi connectivity index (χ1v) is 10.8. The van der Waals surface area contributed by atoms with Gasteiger partial charge >= 0.3 is 5.97 Å². The average Bonchev–Trinajstić information content (AvgIpc) is 3.00. The van der Waals surface area contributed by atoms with Gasteiger partial charge in [-0.3, -0.25) is 14.3 Å². The number of carbonyl (C=O) groups is 2. The Bertz CT molecular complexity index is 1100. The van der Waals surface area contributed by atoms with Crippen molar-refractivity contribution in [1.29, 1.82) is 0 Å². The van der Waals surface area contributed by atoms with Crippen LogP contribution in [0.25, 0.3) is 0 Å². The minimum Gasteiger partial charge on any atom is -0.426 e. The highest BCUT2D eigenvalue weighted by Gasteiger charge is 2.18. The van der Waals surface area contributed by atoms with Gasteiger partial charge in [0.1, 0.15) is 5.75 Å². The molecule has 3 rings (SSSR count). The van der Waals surface area contributed by atoms with Crippen molar-refractivity contribution in [3.05, 3.63) is 76.6 Å². The molecule has 32 heavy (non-hydrogen) atoms. The molecule has 0 aliphatic rings. The standard InChI is InChI=1S/C26H31N3O3/c1-17(2)16-29-20(5)24(19(4)27-29)15-25(30)32-23-13-11-22(12-14-23)28(6)26(31)21-9-7-18(3)8-10-21/h7-14,17H,15-16H2,1-6H3. The van der Waals surface area contributed by atoms with Crippen LogP contribution in [0.1, 0.15) is 46.7 Å². The highest BCUT2D eigenvalue weighted by Crippen LogP contribution is 2.22. The summed E-state index contributed by atoms with van der Waals surface area (Å²) < 4.78 is 7.49. The molecule has 0 fully saturated rings. The van der Waals surface area contributed by atoms with Crippen molar-refractivity contribution in [2.45, 2.75) is 47.6 Å². The van der Waals surface area contributed by atoms with E-state index < -0.39 is 0 Å². The molecule has 6 nitrogen and oxygen atoms in total. The normalized spacial score (nSPS) is 11.0. The zero-order chi connectivity index (χ0) is 23.4. The number of amides is 1. The lowest BCUT2D eigenvalue weighted by Crippen LogP contribution is -2.26. The van der Waals surface area contributed by atoms with E-state index in [4.69, 9.17) is 4.74 Å². The highest BCUT2D eigenvalue weighted by atomic mass is 16.5. The summed E-state index contributed by atoms with van der Waals surface area (Å²) in [6, 6.07) is 14.4. The highest BCUT2D eigenvalue weighted by molar-refractivity contribution is 6.05. The van der Waals surface area contributed by atoms with Crippen LogP contribution < -0.4 is 9.64 Å². The van der Waals surface area contributed by atoms with Crippen LogP contribution >= 0.6 is 0 Å². The third-order valence-electron chi connectivity index (χ3n) is 5.45. The number of hydrogen-bond donors (Lipinski definition) is 0. The molecule has 0 aliphatic heterocycles. The van der Waals surface area contributed by atoms with Crippen molar-refractivity contribution in [3.8, 4) is 5.75 Å². The van der Waals surface area contributed by atoms with Crippen LogP contribution in [0.4, 0.5) is 5.69 Å². The first kappa shape index (κ1) is 23.3. The lowest BCUT2D eigenvalue weighted by Gasteiger charge is -2.18. The summed E-state index contributed by atoms with van der Waals surface area (Å²) in [7, 11) is 1.73. The number of nitrogens with zero attached hydrogens (tertiary/aromatic N) is 3. The maximum absolute atomic E-state index is 12.7. The Morgan fingerprint density at radius 3 is 2.22 bits per heavy atom. The fourth-order valence-corrected chi connectivity index (χ4v) is 3.57. The van der Waals surface area contributed by atoms with Crippen LogP contribution in [0.15, 0.2) is 48.5 Å². The number of anilines is 1. The zero-order valence-electron chi connectivity index (χ0n) is 19.7. The summed E-state index contributed by atoms with van der Waals surface area (Å²) in [5, 5.41) is 4.56. The summed E-state index contributed by atoms with van der Waals surface area (Å²) in [6.45, 7) is 11.0. The molecule has 0 saturated heterocycles. The van der Waals surface area contributed by atoms with Crippen LogP contribution in [0.3, 0.4) is 0 Å². The van der Waals surface area contributed by atoms with Crippen molar-refractivity contribution in [1.82, 2.24) is 9.78 Å². The SMILES string of the molecule is Cc1ccc(C(=O)N(C)c2ccc(OC(=O)Cc3c(C)nn(CC(C)C)c3C)cc2)cc1. The van der Waals surface area contributed by atoms with Gasteiger partial charge in [0.05, 0.1) is 12.1 Å². The van der Waals surface area contributed by atoms with E-state index in [1.807, 2.05) is 49.7 Å². The molecule has 3 aromatic rings. The van der Waals surface area contributed by atoms with Crippen molar-refractivity contribution in [2.24, 2.45) is 5.92 Å². The summed E-state index contributed by atoms with van der Waals surface area (Å²) in [4.78, 5) is 26.8. The third-order valence-corrected chi connectivity index (χ3v) is 5.45. The summed E-state index contributed by atoms with van der Waals surface area (Å²) in [5.74, 6) is 0.485. The van der Waals surface area contributed by atoms with E-state index >= 15 is 0 Å². The van der Waals surface area contributed by atoms with Crippen LogP contribution in [0.5, 0.6) is 5.75 Å². The quantitative estimate of drug-likeness (QED) is 0.393. The predicted octanol–water partition coefficient (Wildman–Crippen LogP) is 4.89. The summed E-state index contributed by atoms with van der Waals surface area (Å²) >= 11 is 0. The Morgan fingerprint density at radius 2 is 1.62 bits per heavy atom. The molecular formula is C26H31N3O3. The molecular weight excluding hydrogens is 402 g/mol. The van der Waals surface area contributed by atoms with Crippen LogP contribution in [-0.2, 0) is 17.8 Å². The van der Waals surface area contributed by atoms with Gasteiger partial charge in [0.25, 0.3) is 5.91 Å². The van der Waals surface area contributed by atoms with Gasteiger partial charge in [0.15, 0.2) is 0 Å². The van der Waals surface area contributed by atoms with Crippen molar-refractivity contribution < 1.29 is 14.3 Å². The molecule has 6 heteroatoms. The Morgan fingerprint density at radius 1 is 1.00 bits per heavy atom. The second-order valence-electron chi connectivity index (χ2n) is 8.60. The van der Waals surface area contributed by atoms with Gasteiger partial charge in [-0.15, -0.1) is 0 Å². The van der Waals surface area contributed by atoms with Crippen molar-refractivity contribution in [3.63, 3.8) is 0 Å². The van der Waals surface area contributed by atoms with Gasteiger partial charge in [0.2, 0.25) is 0 Å². The Hall–Kier alpha value is -3.41. The molecule has 0 spiro atoms. The number of carbonyl (C=O) groups excluding carboxylic acids is 2. The average molecular weight is 434 g/mol. The van der Waals surface area contributed by atoms with Gasteiger partial charge < -0.3 is 9.64 Å². The van der Waals surface area contributed by atoms with Crippen molar-refractivity contribution in [2.75, 3.05) is 11.9 Å². The number of esters is 1. The fourth-order valence-electron chi connectivity index (χ4n) is 3.57. The number of ether oxygens (including phenoxy) is 1. The van der Waals surface area contributed by atoms with Crippen LogP contribution in [0.2, 0.25) is 0 Å². The van der Waals surface area contributed by atoms with Gasteiger partial charge in [-0.25, -0.2) is 0 Å². The molecule has 1 heterocycles. The lowest BCUT2D eigenvalue weighted by molar-refractivity contribution is -0.133. The van der Waals surface area contributed by atoms with E-state index in [0.717, 1.165) is 34.7 Å². The molecule has 1 amide bonds. The van der Waals surface area contributed by atoms with E-state index in [9.17, 15) is 9.59 Å². The smallest absolute Gasteiger partial charge is 0.315 e. The molecule has 0 radical (unpaired) electrons. The van der Waals surface area contributed by atoms with Crippen LogP contribution in [0, 0.1) is 26.7 Å². The second kappa shape index (κ2) is 9.81. The molecule has 1 aromatic heterocycles. The monoisotopic (exact) mass is 433 g/mol. The number of aryl methyl sites for hydroxylation is 2. The molecule has 0 saturated carbocycles. The van der Waals surface area contributed by atoms with E-state index in [2.05, 4.69) is 18.9 Å².